The lowest BCUT2D eigenvalue weighted by Gasteiger charge is -2.15. The topological polar surface area (TPSA) is 70.1 Å². The fourth-order valence-corrected chi connectivity index (χ4v) is 4.69. The lowest BCUT2D eigenvalue weighted by Crippen LogP contribution is -2.29. The molecule has 2 aromatic rings. The first-order valence-corrected chi connectivity index (χ1v) is 10.5. The first-order chi connectivity index (χ1) is 12.8. The second-order valence-corrected chi connectivity index (χ2v) is 8.89. The van der Waals surface area contributed by atoms with Crippen LogP contribution >= 0.6 is 23.4 Å². The fourth-order valence-electron chi connectivity index (χ4n) is 2.33. The molecule has 1 heterocycles. The molecular weight excluding hydrogens is 406 g/mol. The minimum absolute atomic E-state index is 0.00509. The maximum absolute atomic E-state index is 12.8. The van der Waals surface area contributed by atoms with E-state index in [0.29, 0.717) is 15.6 Å². The van der Waals surface area contributed by atoms with Gasteiger partial charge in [0, 0.05) is 25.3 Å². The van der Waals surface area contributed by atoms with Crippen LogP contribution in [0.3, 0.4) is 0 Å². The van der Waals surface area contributed by atoms with Gasteiger partial charge in [-0.3, -0.25) is 9.69 Å². The minimum atomic E-state index is -4.00. The first-order valence-electron chi connectivity index (χ1n) is 7.84. The molecule has 1 aliphatic heterocycles. The van der Waals surface area contributed by atoms with Gasteiger partial charge < -0.3 is 4.90 Å². The number of para-hydroxylation sites is 1. The number of hydrogen-bond donors (Lipinski definition) is 0. The number of amides is 1. The molecule has 0 radical (unpaired) electrons. The molecule has 2 aromatic carbocycles. The molecule has 0 aromatic heterocycles. The van der Waals surface area contributed by atoms with Crippen LogP contribution in [0.4, 0.5) is 5.69 Å². The lowest BCUT2D eigenvalue weighted by molar-refractivity contribution is -0.113. The molecule has 3 rings (SSSR count). The molecular formula is C18H16ClN3O3S2. The van der Waals surface area contributed by atoms with Gasteiger partial charge in [0.25, 0.3) is 15.9 Å². The first kappa shape index (κ1) is 19.5. The average molecular weight is 422 g/mol. The number of carbonyl (C=O) groups is 1. The molecule has 1 amide bonds. The van der Waals surface area contributed by atoms with Gasteiger partial charge in [-0.25, -0.2) is 0 Å². The minimum Gasteiger partial charge on any atom is -0.382 e. The Bertz CT molecular complexity index is 1020. The van der Waals surface area contributed by atoms with Gasteiger partial charge in [-0.2, -0.15) is 8.42 Å². The highest BCUT2D eigenvalue weighted by Crippen LogP contribution is 2.35. The number of amidine groups is 1. The van der Waals surface area contributed by atoms with E-state index in [1.54, 1.807) is 49.5 Å². The largest absolute Gasteiger partial charge is 0.382 e. The van der Waals surface area contributed by atoms with E-state index in [4.69, 9.17) is 11.6 Å². The van der Waals surface area contributed by atoms with Crippen molar-refractivity contribution in [1.29, 1.82) is 0 Å². The third kappa shape index (κ3) is 4.35. The lowest BCUT2D eigenvalue weighted by atomic mass is 10.3. The molecule has 27 heavy (non-hydrogen) atoms. The Labute approximate surface area is 167 Å². The summed E-state index contributed by atoms with van der Waals surface area (Å²) in [4.78, 5) is 16.2. The third-order valence-corrected chi connectivity index (χ3v) is 6.11. The molecule has 0 aliphatic carbocycles. The second-order valence-electron chi connectivity index (χ2n) is 5.84. The number of benzene rings is 2. The van der Waals surface area contributed by atoms with Gasteiger partial charge in [0.05, 0.1) is 15.5 Å². The maximum atomic E-state index is 12.8. The maximum Gasteiger partial charge on any atom is 0.284 e. The predicted molar refractivity (Wildman–Crippen MR) is 109 cm³/mol. The molecule has 0 atom stereocenters. The molecule has 140 valence electrons. The molecule has 0 bridgehead atoms. The second kappa shape index (κ2) is 7.75. The summed E-state index contributed by atoms with van der Waals surface area (Å²) in [7, 11) is -0.433. The summed E-state index contributed by atoms with van der Waals surface area (Å²) in [5, 5.41) is 0.503. The number of sulfonamides is 1. The average Bonchev–Trinajstić information content (AvgIpc) is 2.90. The molecule has 1 fully saturated rings. The van der Waals surface area contributed by atoms with Gasteiger partial charge in [0.2, 0.25) is 0 Å². The van der Waals surface area contributed by atoms with Crippen molar-refractivity contribution in [2.75, 3.05) is 19.0 Å². The van der Waals surface area contributed by atoms with Gasteiger partial charge >= 0.3 is 0 Å². The van der Waals surface area contributed by atoms with Crippen LogP contribution in [0.15, 0.2) is 75.0 Å². The summed E-state index contributed by atoms with van der Waals surface area (Å²) in [6.45, 7) is 0. The van der Waals surface area contributed by atoms with Crippen molar-refractivity contribution in [1.82, 2.24) is 4.90 Å². The van der Waals surface area contributed by atoms with Crippen molar-refractivity contribution >= 4 is 50.1 Å². The van der Waals surface area contributed by atoms with E-state index in [9.17, 15) is 13.2 Å². The van der Waals surface area contributed by atoms with Crippen molar-refractivity contribution in [2.45, 2.75) is 4.90 Å². The van der Waals surface area contributed by atoms with Crippen LogP contribution in [0.1, 0.15) is 0 Å². The zero-order chi connectivity index (χ0) is 19.6. The summed E-state index contributed by atoms with van der Waals surface area (Å²) in [6, 6.07) is 14.5. The highest BCUT2D eigenvalue weighted by atomic mass is 35.5. The standard InChI is InChI=1S/C18H16ClN3O3S2/c1-21(2)12-16-17(23)22(14-6-4-3-5-7-14)18(26-16)20-27(24,25)15-10-8-13(19)9-11-15/h3-12H,1-2H3/b16-12+,20-18-. The molecule has 1 aliphatic rings. The van der Waals surface area contributed by atoms with Crippen LogP contribution in [0.5, 0.6) is 0 Å². The highest BCUT2D eigenvalue weighted by Gasteiger charge is 2.36. The Balaban J connectivity index is 2.08. The Morgan fingerprint density at radius 3 is 2.30 bits per heavy atom. The van der Waals surface area contributed by atoms with Crippen molar-refractivity contribution in [3.63, 3.8) is 0 Å². The highest BCUT2D eigenvalue weighted by molar-refractivity contribution is 8.19. The quantitative estimate of drug-likeness (QED) is 0.706. The van der Waals surface area contributed by atoms with Crippen LogP contribution in [-0.4, -0.2) is 38.5 Å². The zero-order valence-corrected chi connectivity index (χ0v) is 16.9. The normalized spacial score (nSPS) is 17.7. The van der Waals surface area contributed by atoms with E-state index in [1.165, 1.54) is 29.2 Å². The van der Waals surface area contributed by atoms with Crippen LogP contribution < -0.4 is 4.90 Å². The van der Waals surface area contributed by atoms with Crippen molar-refractivity contribution in [2.24, 2.45) is 4.40 Å². The summed E-state index contributed by atoms with van der Waals surface area (Å²) in [6.07, 6.45) is 1.64. The number of thioether (sulfide) groups is 1. The summed E-state index contributed by atoms with van der Waals surface area (Å²) < 4.78 is 29.3. The monoisotopic (exact) mass is 421 g/mol. The number of halogens is 1. The van der Waals surface area contributed by atoms with Crippen LogP contribution in [0.25, 0.3) is 0 Å². The van der Waals surface area contributed by atoms with Gasteiger partial charge in [-0.15, -0.1) is 4.40 Å². The molecule has 0 spiro atoms. The molecule has 0 N–H and O–H groups in total. The number of nitrogens with zero attached hydrogens (tertiary/aromatic N) is 3. The molecule has 0 unspecified atom stereocenters. The van der Waals surface area contributed by atoms with Crippen molar-refractivity contribution in [3.8, 4) is 0 Å². The summed E-state index contributed by atoms with van der Waals surface area (Å²) in [5.41, 5.74) is 0.544. The van der Waals surface area contributed by atoms with Gasteiger partial charge in [0.15, 0.2) is 5.17 Å². The van der Waals surface area contributed by atoms with E-state index >= 15 is 0 Å². The van der Waals surface area contributed by atoms with Crippen molar-refractivity contribution < 1.29 is 13.2 Å². The van der Waals surface area contributed by atoms with Crippen molar-refractivity contribution in [3.05, 3.63) is 70.7 Å². The van der Waals surface area contributed by atoms with Crippen LogP contribution in [0.2, 0.25) is 5.02 Å². The number of rotatable bonds is 4. The smallest absolute Gasteiger partial charge is 0.284 e. The number of hydrogen-bond acceptors (Lipinski definition) is 5. The fraction of sp³-hybridized carbons (Fsp3) is 0.111. The number of carbonyl (C=O) groups excluding carboxylic acids is 1. The predicted octanol–water partition coefficient (Wildman–Crippen LogP) is 3.57. The van der Waals surface area contributed by atoms with E-state index < -0.39 is 10.0 Å². The van der Waals surface area contributed by atoms with E-state index in [1.807, 2.05) is 6.07 Å². The van der Waals surface area contributed by atoms with Gasteiger partial charge in [0.1, 0.15) is 0 Å². The molecule has 6 nitrogen and oxygen atoms in total. The summed E-state index contributed by atoms with van der Waals surface area (Å²) in [5.74, 6) is -0.329. The van der Waals surface area contributed by atoms with E-state index in [0.717, 1.165) is 11.8 Å². The molecule has 9 heteroatoms. The summed E-state index contributed by atoms with van der Waals surface area (Å²) >= 11 is 6.84. The third-order valence-electron chi connectivity index (χ3n) is 3.51. The Kier molecular flexibility index (Phi) is 5.59. The van der Waals surface area contributed by atoms with Gasteiger partial charge in [-0.05, 0) is 48.2 Å². The van der Waals surface area contributed by atoms with E-state index in [2.05, 4.69) is 4.40 Å². The SMILES string of the molecule is CN(C)/C=C1/S/C(=N\S(=O)(=O)c2ccc(Cl)cc2)N(c2ccccc2)C1=O. The zero-order valence-electron chi connectivity index (χ0n) is 14.5. The van der Waals surface area contributed by atoms with Gasteiger partial charge in [-0.1, -0.05) is 29.8 Å². The Hall–Kier alpha value is -2.29. The van der Waals surface area contributed by atoms with E-state index in [-0.39, 0.29) is 16.0 Å². The van der Waals surface area contributed by atoms with Crippen LogP contribution in [0, 0.1) is 0 Å². The Morgan fingerprint density at radius 1 is 1.07 bits per heavy atom. The molecule has 0 saturated carbocycles. The Morgan fingerprint density at radius 2 is 1.70 bits per heavy atom. The number of anilines is 1. The molecule has 1 saturated heterocycles. The van der Waals surface area contributed by atoms with Crippen LogP contribution in [-0.2, 0) is 14.8 Å².